The molecule has 3 aliphatic rings. The first-order valence-corrected chi connectivity index (χ1v) is 9.19. The Hall–Kier alpha value is -1.09. The van der Waals surface area contributed by atoms with Crippen LogP contribution in [0.3, 0.4) is 0 Å². The van der Waals surface area contributed by atoms with Crippen LogP contribution in [-0.4, -0.2) is 18.0 Å². The lowest BCUT2D eigenvalue weighted by Crippen LogP contribution is -2.57. The van der Waals surface area contributed by atoms with Crippen molar-refractivity contribution in [2.45, 2.75) is 58.3 Å². The summed E-state index contributed by atoms with van der Waals surface area (Å²) in [7, 11) is 0. The number of rotatable bonds is 2. The van der Waals surface area contributed by atoms with Crippen molar-refractivity contribution in [2.75, 3.05) is 6.61 Å². The Bertz CT molecular complexity index is 606. The second-order valence-electron chi connectivity index (χ2n) is 8.56. The Labute approximate surface area is 138 Å². The van der Waals surface area contributed by atoms with Crippen LogP contribution >= 0.6 is 0 Å². The molecule has 126 valence electrons. The fourth-order valence-electron chi connectivity index (χ4n) is 6.62. The van der Waals surface area contributed by atoms with Gasteiger partial charge in [0, 0.05) is 6.42 Å². The van der Waals surface area contributed by atoms with Gasteiger partial charge in [-0.05, 0) is 66.4 Å². The molecule has 3 nitrogen and oxygen atoms in total. The van der Waals surface area contributed by atoms with E-state index in [-0.39, 0.29) is 12.0 Å². The van der Waals surface area contributed by atoms with E-state index in [2.05, 4.69) is 19.9 Å². The SMILES string of the molecule is CC1c2ccoc2CC2C1CCC1C(C=O)(CO)CCCC21C. The van der Waals surface area contributed by atoms with Crippen molar-refractivity contribution in [3.63, 3.8) is 0 Å². The van der Waals surface area contributed by atoms with Crippen LogP contribution in [-0.2, 0) is 11.2 Å². The zero-order chi connectivity index (χ0) is 16.2. The summed E-state index contributed by atoms with van der Waals surface area (Å²) in [6.07, 6.45) is 9.26. The molecule has 0 aliphatic heterocycles. The molecule has 6 unspecified atom stereocenters. The molecule has 3 heteroatoms. The van der Waals surface area contributed by atoms with Crippen molar-refractivity contribution < 1.29 is 14.3 Å². The Morgan fingerprint density at radius 2 is 2.22 bits per heavy atom. The molecule has 2 saturated carbocycles. The average Bonchev–Trinajstić information content (AvgIpc) is 3.03. The maximum Gasteiger partial charge on any atom is 0.128 e. The molecule has 6 atom stereocenters. The minimum Gasteiger partial charge on any atom is -0.469 e. The average molecular weight is 316 g/mol. The maximum absolute atomic E-state index is 11.9. The van der Waals surface area contributed by atoms with E-state index in [1.165, 1.54) is 18.4 Å². The van der Waals surface area contributed by atoms with E-state index in [1.807, 2.05) is 6.26 Å². The predicted octanol–water partition coefficient (Wildman–Crippen LogP) is 3.95. The van der Waals surface area contributed by atoms with E-state index in [0.29, 0.717) is 23.7 Å². The summed E-state index contributed by atoms with van der Waals surface area (Å²) in [6.45, 7) is 4.74. The number of carbonyl (C=O) groups is 1. The van der Waals surface area contributed by atoms with Gasteiger partial charge in [-0.1, -0.05) is 20.3 Å². The van der Waals surface area contributed by atoms with Gasteiger partial charge in [-0.25, -0.2) is 0 Å². The lowest BCUT2D eigenvalue weighted by Gasteiger charge is -2.60. The largest absolute Gasteiger partial charge is 0.469 e. The second kappa shape index (κ2) is 5.20. The lowest BCUT2D eigenvalue weighted by atomic mass is 9.43. The van der Waals surface area contributed by atoms with Crippen LogP contribution < -0.4 is 0 Å². The van der Waals surface area contributed by atoms with Crippen molar-refractivity contribution in [3.05, 3.63) is 23.7 Å². The fourth-order valence-corrected chi connectivity index (χ4v) is 6.62. The van der Waals surface area contributed by atoms with Crippen molar-refractivity contribution in [1.82, 2.24) is 0 Å². The minimum absolute atomic E-state index is 0.00962. The van der Waals surface area contributed by atoms with Gasteiger partial charge < -0.3 is 14.3 Å². The zero-order valence-electron chi connectivity index (χ0n) is 14.3. The van der Waals surface area contributed by atoms with Crippen molar-refractivity contribution in [3.8, 4) is 0 Å². The first-order chi connectivity index (χ1) is 11.1. The molecule has 4 rings (SSSR count). The Morgan fingerprint density at radius 1 is 1.39 bits per heavy atom. The first-order valence-electron chi connectivity index (χ1n) is 9.19. The number of aldehydes is 1. The van der Waals surface area contributed by atoms with E-state index in [1.54, 1.807) is 0 Å². The molecule has 2 fully saturated rings. The number of aliphatic hydroxyl groups is 1. The highest BCUT2D eigenvalue weighted by Crippen LogP contribution is 2.64. The molecule has 1 aromatic rings. The van der Waals surface area contributed by atoms with Crippen LogP contribution in [0.15, 0.2) is 16.7 Å². The van der Waals surface area contributed by atoms with Gasteiger partial charge in [-0.15, -0.1) is 0 Å². The summed E-state index contributed by atoms with van der Waals surface area (Å²) in [5, 5.41) is 10.0. The quantitative estimate of drug-likeness (QED) is 0.841. The van der Waals surface area contributed by atoms with Gasteiger partial charge in [-0.3, -0.25) is 0 Å². The van der Waals surface area contributed by atoms with Gasteiger partial charge in [0.1, 0.15) is 12.0 Å². The summed E-state index contributed by atoms with van der Waals surface area (Å²) in [4.78, 5) is 11.9. The number of fused-ring (bicyclic) bond motifs is 4. The standard InChI is InChI=1S/C20H28O3/c1-13-14-4-5-18-19(2,7-3-8-20(18,11-21)12-22)16(14)10-17-15(13)6-9-23-17/h6,9,11,13-14,16,18,22H,3-5,7-8,10,12H2,1-2H3. The highest BCUT2D eigenvalue weighted by atomic mass is 16.3. The van der Waals surface area contributed by atoms with E-state index in [0.717, 1.165) is 37.7 Å². The van der Waals surface area contributed by atoms with Gasteiger partial charge in [0.2, 0.25) is 0 Å². The second-order valence-corrected chi connectivity index (χ2v) is 8.56. The van der Waals surface area contributed by atoms with Crippen molar-refractivity contribution in [2.24, 2.45) is 28.6 Å². The van der Waals surface area contributed by atoms with Gasteiger partial charge in [0.15, 0.2) is 0 Å². The zero-order valence-corrected chi connectivity index (χ0v) is 14.3. The summed E-state index contributed by atoms with van der Waals surface area (Å²) in [5.74, 6) is 3.27. The molecule has 0 bridgehead atoms. The fraction of sp³-hybridized carbons (Fsp3) is 0.750. The normalized spacial score (nSPS) is 45.7. The van der Waals surface area contributed by atoms with Crippen molar-refractivity contribution >= 4 is 6.29 Å². The topological polar surface area (TPSA) is 50.4 Å². The van der Waals surface area contributed by atoms with Crippen molar-refractivity contribution in [1.29, 1.82) is 0 Å². The smallest absolute Gasteiger partial charge is 0.128 e. The molecule has 0 saturated heterocycles. The highest BCUT2D eigenvalue weighted by Gasteiger charge is 2.59. The summed E-state index contributed by atoms with van der Waals surface area (Å²) in [6, 6.07) is 2.15. The van der Waals surface area contributed by atoms with Crippen LogP contribution in [0.25, 0.3) is 0 Å². The molecule has 0 aromatic carbocycles. The van der Waals surface area contributed by atoms with Gasteiger partial charge >= 0.3 is 0 Å². The van der Waals surface area contributed by atoms with Crippen LogP contribution in [0, 0.1) is 28.6 Å². The first kappa shape index (κ1) is 15.4. The van der Waals surface area contributed by atoms with Gasteiger partial charge in [0.05, 0.1) is 18.3 Å². The summed E-state index contributed by atoms with van der Waals surface area (Å²) in [5.41, 5.74) is 1.03. The Kier molecular flexibility index (Phi) is 3.49. The number of hydrogen-bond donors (Lipinski definition) is 1. The molecule has 3 aliphatic carbocycles. The third-order valence-corrected chi connectivity index (χ3v) is 7.85. The molecule has 1 N–H and O–H groups in total. The van der Waals surface area contributed by atoms with Crippen LogP contribution in [0.2, 0.25) is 0 Å². The minimum atomic E-state index is -0.509. The monoisotopic (exact) mass is 316 g/mol. The van der Waals surface area contributed by atoms with Gasteiger partial charge in [0.25, 0.3) is 0 Å². The predicted molar refractivity (Wildman–Crippen MR) is 88.1 cm³/mol. The third kappa shape index (κ3) is 1.95. The third-order valence-electron chi connectivity index (χ3n) is 7.85. The molecule has 0 radical (unpaired) electrons. The molecule has 0 amide bonds. The van der Waals surface area contributed by atoms with Crippen LogP contribution in [0.4, 0.5) is 0 Å². The number of carbonyl (C=O) groups excluding carboxylic acids is 1. The van der Waals surface area contributed by atoms with E-state index in [9.17, 15) is 9.90 Å². The van der Waals surface area contributed by atoms with Crippen LogP contribution in [0.5, 0.6) is 0 Å². The molecule has 0 spiro atoms. The number of furan rings is 1. The van der Waals surface area contributed by atoms with E-state index >= 15 is 0 Å². The molecule has 23 heavy (non-hydrogen) atoms. The molecular formula is C20H28O3. The summed E-state index contributed by atoms with van der Waals surface area (Å²) >= 11 is 0. The Morgan fingerprint density at radius 3 is 2.96 bits per heavy atom. The summed E-state index contributed by atoms with van der Waals surface area (Å²) < 4.78 is 5.79. The molecule has 1 aromatic heterocycles. The van der Waals surface area contributed by atoms with Crippen LogP contribution in [0.1, 0.15) is 63.2 Å². The molecule has 1 heterocycles. The van der Waals surface area contributed by atoms with E-state index in [4.69, 9.17) is 4.42 Å². The van der Waals surface area contributed by atoms with Gasteiger partial charge in [-0.2, -0.15) is 0 Å². The molecular weight excluding hydrogens is 288 g/mol. The maximum atomic E-state index is 11.9. The Balaban J connectivity index is 1.75. The van der Waals surface area contributed by atoms with E-state index < -0.39 is 5.41 Å². The number of aliphatic hydroxyl groups excluding tert-OH is 1. The number of hydrogen-bond acceptors (Lipinski definition) is 3. The lowest BCUT2D eigenvalue weighted by molar-refractivity contribution is -0.151. The highest BCUT2D eigenvalue weighted by molar-refractivity contribution is 5.61.